The van der Waals surface area contributed by atoms with Crippen LogP contribution in [0.2, 0.25) is 0 Å². The summed E-state index contributed by atoms with van der Waals surface area (Å²) in [4.78, 5) is 25.7. The van der Waals surface area contributed by atoms with Crippen LogP contribution in [-0.4, -0.2) is 24.9 Å². The zero-order valence-electron chi connectivity index (χ0n) is 31.4. The highest BCUT2D eigenvalue weighted by Gasteiger charge is 2.19. The van der Waals surface area contributed by atoms with Gasteiger partial charge in [0.25, 0.3) is 0 Å². The molecule has 0 amide bonds. The van der Waals surface area contributed by atoms with Gasteiger partial charge < -0.3 is 0 Å². The molecular weight excluding hydrogens is 715 g/mol. The molecule has 0 saturated heterocycles. The monoisotopic (exact) mass is 749 g/mol. The van der Waals surface area contributed by atoms with Crippen molar-refractivity contribution < 1.29 is 0 Å². The summed E-state index contributed by atoms with van der Waals surface area (Å²) in [6, 6.07) is 60.7. The maximum absolute atomic E-state index is 5.19. The van der Waals surface area contributed by atoms with E-state index < -0.39 is 0 Å². The first-order chi connectivity index (χ1) is 28.1. The van der Waals surface area contributed by atoms with Crippen molar-refractivity contribution in [1.29, 1.82) is 0 Å². The molecule has 0 radical (unpaired) electrons. The van der Waals surface area contributed by atoms with Gasteiger partial charge in [-0.1, -0.05) is 146 Å². The molecule has 0 spiro atoms. The average molecular weight is 750 g/mol. The predicted octanol–water partition coefficient (Wildman–Crippen LogP) is 13.3. The van der Waals surface area contributed by atoms with Crippen LogP contribution in [0.3, 0.4) is 0 Å². The number of hydrogen-bond acceptors (Lipinski definition) is 6. The molecule has 3 heterocycles. The lowest BCUT2D eigenvalue weighted by Gasteiger charge is -2.14. The Morgan fingerprint density at radius 3 is 1.56 bits per heavy atom. The van der Waals surface area contributed by atoms with Gasteiger partial charge in [0.05, 0.1) is 11.4 Å². The number of aromatic nitrogens is 5. The Hall–Kier alpha value is -7.15. The molecule has 0 saturated carbocycles. The second-order valence-corrected chi connectivity index (χ2v) is 15.2. The molecule has 7 aromatic carbocycles. The molecule has 5 nitrogen and oxygen atoms in total. The van der Waals surface area contributed by atoms with Gasteiger partial charge in [0.2, 0.25) is 0 Å². The van der Waals surface area contributed by atoms with E-state index in [0.29, 0.717) is 23.3 Å². The largest absolute Gasteiger partial charge is 0.228 e. The quantitative estimate of drug-likeness (QED) is 0.162. The fraction of sp³-hybridized carbons (Fsp3) is 0.0392. The molecule has 0 bridgehead atoms. The summed E-state index contributed by atoms with van der Waals surface area (Å²) in [5.74, 6) is 2.61. The molecule has 0 aliphatic rings. The molecule has 3 aromatic heterocycles. The Morgan fingerprint density at radius 1 is 0.351 bits per heavy atom. The Morgan fingerprint density at radius 2 is 0.877 bits per heavy atom. The highest BCUT2D eigenvalue weighted by atomic mass is 32.1. The minimum Gasteiger partial charge on any atom is -0.228 e. The lowest BCUT2D eigenvalue weighted by molar-refractivity contribution is 1.07. The topological polar surface area (TPSA) is 64.5 Å². The molecule has 0 atom stereocenters. The fourth-order valence-corrected chi connectivity index (χ4v) is 8.77. The SMILES string of the molecule is Cc1ccccc1-c1cccc(-c2nc(-c3ccccc3)nc(-c3ccc4sc5c(-c6nc(-c7ccccc7)cc(-c7ccccc7)n6)cccc5c4c3)n2)c1C. The predicted molar refractivity (Wildman–Crippen MR) is 236 cm³/mol. The molecule has 10 rings (SSSR count). The molecule has 0 unspecified atom stereocenters. The van der Waals surface area contributed by atoms with E-state index in [-0.39, 0.29) is 0 Å². The van der Waals surface area contributed by atoms with Crippen LogP contribution in [0.15, 0.2) is 176 Å². The first kappa shape index (κ1) is 34.3. The van der Waals surface area contributed by atoms with Crippen molar-refractivity contribution in [2.45, 2.75) is 13.8 Å². The van der Waals surface area contributed by atoms with Crippen LogP contribution in [0.1, 0.15) is 11.1 Å². The normalized spacial score (nSPS) is 11.3. The Balaban J connectivity index is 1.12. The van der Waals surface area contributed by atoms with E-state index in [4.69, 9.17) is 24.9 Å². The van der Waals surface area contributed by atoms with Gasteiger partial charge in [-0.05, 0) is 66.4 Å². The summed E-state index contributed by atoms with van der Waals surface area (Å²) in [5, 5.41) is 2.28. The highest BCUT2D eigenvalue weighted by molar-refractivity contribution is 7.26. The van der Waals surface area contributed by atoms with Crippen LogP contribution < -0.4 is 0 Å². The van der Waals surface area contributed by atoms with Crippen LogP contribution in [0.25, 0.3) is 99.4 Å². The van der Waals surface area contributed by atoms with E-state index in [2.05, 4.69) is 135 Å². The Kier molecular flexibility index (Phi) is 8.73. The maximum atomic E-state index is 5.19. The van der Waals surface area contributed by atoms with Gasteiger partial charge in [-0.2, -0.15) is 0 Å². The van der Waals surface area contributed by atoms with Gasteiger partial charge in [0.1, 0.15) is 0 Å². The summed E-state index contributed by atoms with van der Waals surface area (Å²) in [6.45, 7) is 4.31. The zero-order valence-corrected chi connectivity index (χ0v) is 32.2. The van der Waals surface area contributed by atoms with E-state index in [1.165, 1.54) is 21.4 Å². The lowest BCUT2D eigenvalue weighted by Crippen LogP contribution is -2.01. The molecule has 0 fully saturated rings. The first-order valence-electron chi connectivity index (χ1n) is 19.0. The van der Waals surface area contributed by atoms with Gasteiger partial charge in [0, 0.05) is 53.6 Å². The van der Waals surface area contributed by atoms with Gasteiger partial charge >= 0.3 is 0 Å². The van der Waals surface area contributed by atoms with Crippen LogP contribution in [0.4, 0.5) is 0 Å². The third-order valence-corrected chi connectivity index (χ3v) is 11.8. The molecule has 0 aliphatic carbocycles. The summed E-state index contributed by atoms with van der Waals surface area (Å²) in [7, 11) is 0. The van der Waals surface area contributed by atoms with Crippen molar-refractivity contribution in [3.63, 3.8) is 0 Å². The van der Waals surface area contributed by atoms with E-state index in [1.807, 2.05) is 54.6 Å². The smallest absolute Gasteiger partial charge is 0.164 e. The molecule has 57 heavy (non-hydrogen) atoms. The number of aryl methyl sites for hydroxylation is 1. The average Bonchev–Trinajstić information content (AvgIpc) is 3.66. The summed E-state index contributed by atoms with van der Waals surface area (Å²) >= 11 is 1.76. The van der Waals surface area contributed by atoms with Gasteiger partial charge in [0.15, 0.2) is 23.3 Å². The molecule has 0 aliphatic heterocycles. The first-order valence-corrected chi connectivity index (χ1v) is 19.8. The van der Waals surface area contributed by atoms with Crippen molar-refractivity contribution in [3.8, 4) is 79.2 Å². The number of benzene rings is 7. The van der Waals surface area contributed by atoms with Crippen molar-refractivity contribution in [1.82, 2.24) is 24.9 Å². The molecule has 10 aromatic rings. The minimum atomic E-state index is 0.628. The molecule has 0 N–H and O–H groups in total. The number of hydrogen-bond donors (Lipinski definition) is 0. The van der Waals surface area contributed by atoms with Crippen molar-refractivity contribution in [2.24, 2.45) is 0 Å². The summed E-state index contributed by atoms with van der Waals surface area (Å²) in [6.07, 6.45) is 0. The third-order valence-electron chi connectivity index (χ3n) is 10.5. The standard InChI is InChI=1S/C51H35N5S/c1-32-16-12-13-23-38(32)39-24-14-25-40(33(39)2)50-55-48(36-21-10-5-11-22-36)54-49(56-50)37-28-29-46-43(30-37)41-26-15-27-42(47(41)57-46)51-52-44(34-17-6-3-7-18-34)31-45(53-51)35-19-8-4-9-20-35/h3-31H,1-2H3. The maximum Gasteiger partial charge on any atom is 0.164 e. The molecule has 270 valence electrons. The fourth-order valence-electron chi connectivity index (χ4n) is 7.58. The second-order valence-electron chi connectivity index (χ2n) is 14.2. The lowest BCUT2D eigenvalue weighted by atomic mass is 9.93. The van der Waals surface area contributed by atoms with E-state index in [9.17, 15) is 0 Å². The summed E-state index contributed by atoms with van der Waals surface area (Å²) < 4.78 is 2.31. The van der Waals surface area contributed by atoms with Crippen LogP contribution >= 0.6 is 11.3 Å². The van der Waals surface area contributed by atoms with Gasteiger partial charge in [-0.25, -0.2) is 24.9 Å². The molecule has 6 heteroatoms. The highest BCUT2D eigenvalue weighted by Crippen LogP contribution is 2.42. The third kappa shape index (κ3) is 6.46. The van der Waals surface area contributed by atoms with E-state index >= 15 is 0 Å². The van der Waals surface area contributed by atoms with Crippen LogP contribution in [0.5, 0.6) is 0 Å². The Bertz CT molecular complexity index is 3030. The van der Waals surface area contributed by atoms with Crippen LogP contribution in [0, 0.1) is 13.8 Å². The van der Waals surface area contributed by atoms with E-state index in [1.54, 1.807) is 11.3 Å². The van der Waals surface area contributed by atoms with Crippen molar-refractivity contribution in [3.05, 3.63) is 187 Å². The number of thiophene rings is 1. The second kappa shape index (κ2) is 14.5. The molecular formula is C51H35N5S. The number of rotatable bonds is 7. The van der Waals surface area contributed by atoms with Crippen molar-refractivity contribution in [2.75, 3.05) is 0 Å². The van der Waals surface area contributed by atoms with Crippen molar-refractivity contribution >= 4 is 31.5 Å². The van der Waals surface area contributed by atoms with Crippen LogP contribution in [-0.2, 0) is 0 Å². The number of fused-ring (bicyclic) bond motifs is 3. The minimum absolute atomic E-state index is 0.628. The van der Waals surface area contributed by atoms with Gasteiger partial charge in [-0.3, -0.25) is 0 Å². The van der Waals surface area contributed by atoms with E-state index in [0.717, 1.165) is 65.8 Å². The Labute approximate surface area is 335 Å². The zero-order chi connectivity index (χ0) is 38.3. The summed E-state index contributed by atoms with van der Waals surface area (Å²) in [5.41, 5.74) is 12.5. The number of nitrogens with zero attached hydrogens (tertiary/aromatic N) is 5. The van der Waals surface area contributed by atoms with Gasteiger partial charge in [-0.15, -0.1) is 11.3 Å².